The predicted molar refractivity (Wildman–Crippen MR) is 103 cm³/mol. The number of benzene rings is 1. The lowest BCUT2D eigenvalue weighted by Gasteiger charge is -2.34. The number of aromatic nitrogens is 1. The molecule has 3 rings (SSSR count). The third kappa shape index (κ3) is 5.08. The fraction of sp³-hybridized carbons (Fsp3) is 0.350. The molecule has 1 aliphatic rings. The van der Waals surface area contributed by atoms with Gasteiger partial charge in [-0.25, -0.2) is 0 Å². The van der Waals surface area contributed by atoms with Gasteiger partial charge in [-0.3, -0.25) is 14.6 Å². The van der Waals surface area contributed by atoms with Gasteiger partial charge in [0, 0.05) is 43.0 Å². The van der Waals surface area contributed by atoms with E-state index in [2.05, 4.69) is 17.1 Å². The second-order valence-electron chi connectivity index (χ2n) is 6.36. The van der Waals surface area contributed by atoms with Crippen molar-refractivity contribution in [3.05, 3.63) is 59.9 Å². The van der Waals surface area contributed by atoms with Gasteiger partial charge in [0.2, 0.25) is 11.8 Å². The molecule has 1 aromatic carbocycles. The number of aryl methyl sites for hydroxylation is 1. The Morgan fingerprint density at radius 2 is 1.62 bits per heavy atom. The van der Waals surface area contributed by atoms with Crippen LogP contribution in [0, 0.1) is 6.92 Å². The van der Waals surface area contributed by atoms with Crippen LogP contribution in [0.5, 0.6) is 0 Å². The van der Waals surface area contributed by atoms with Crippen LogP contribution in [0.2, 0.25) is 0 Å². The number of carbonyl (C=O) groups excluding carboxylic acids is 2. The first-order valence-corrected chi connectivity index (χ1v) is 9.75. The first-order chi connectivity index (χ1) is 12.6. The standard InChI is InChI=1S/C20H23N3O2S/c1-16-5-7-18(8-6-16)26-15-20(25)23-12-10-22(11-13-23)19(24)14-17-4-2-3-9-21-17/h2-9H,10-15H2,1H3. The lowest BCUT2D eigenvalue weighted by molar-refractivity contribution is -0.137. The number of piperazine rings is 1. The Morgan fingerprint density at radius 1 is 0.962 bits per heavy atom. The van der Waals surface area contributed by atoms with Gasteiger partial charge in [-0.1, -0.05) is 23.8 Å². The van der Waals surface area contributed by atoms with Crippen LogP contribution in [-0.4, -0.2) is 58.5 Å². The second-order valence-corrected chi connectivity index (χ2v) is 7.41. The third-order valence-electron chi connectivity index (χ3n) is 4.43. The number of rotatable bonds is 5. The zero-order valence-corrected chi connectivity index (χ0v) is 15.7. The first-order valence-electron chi connectivity index (χ1n) is 8.77. The minimum absolute atomic E-state index is 0.0739. The molecular weight excluding hydrogens is 346 g/mol. The molecule has 136 valence electrons. The van der Waals surface area contributed by atoms with Crippen molar-refractivity contribution in [2.24, 2.45) is 0 Å². The third-order valence-corrected chi connectivity index (χ3v) is 5.42. The lowest BCUT2D eigenvalue weighted by Crippen LogP contribution is -2.51. The van der Waals surface area contributed by atoms with Gasteiger partial charge in [0.15, 0.2) is 0 Å². The molecule has 0 unspecified atom stereocenters. The molecule has 0 spiro atoms. The fourth-order valence-electron chi connectivity index (χ4n) is 2.85. The SMILES string of the molecule is Cc1ccc(SCC(=O)N2CCN(C(=O)Cc3ccccn3)CC2)cc1. The monoisotopic (exact) mass is 369 g/mol. The van der Waals surface area contributed by atoms with Crippen molar-refractivity contribution in [3.63, 3.8) is 0 Å². The number of amides is 2. The van der Waals surface area contributed by atoms with Gasteiger partial charge >= 0.3 is 0 Å². The van der Waals surface area contributed by atoms with Crippen LogP contribution in [0.1, 0.15) is 11.3 Å². The summed E-state index contributed by atoms with van der Waals surface area (Å²) in [6, 6.07) is 13.8. The minimum Gasteiger partial charge on any atom is -0.339 e. The molecule has 0 bridgehead atoms. The van der Waals surface area contributed by atoms with E-state index in [1.807, 2.05) is 47.1 Å². The molecule has 1 saturated heterocycles. The quantitative estimate of drug-likeness (QED) is 0.760. The van der Waals surface area contributed by atoms with Gasteiger partial charge in [-0.2, -0.15) is 0 Å². The highest BCUT2D eigenvalue weighted by Gasteiger charge is 2.24. The zero-order valence-electron chi connectivity index (χ0n) is 14.9. The molecule has 0 atom stereocenters. The summed E-state index contributed by atoms with van der Waals surface area (Å²) in [5, 5.41) is 0. The number of hydrogen-bond donors (Lipinski definition) is 0. The molecule has 1 aromatic heterocycles. The highest BCUT2D eigenvalue weighted by atomic mass is 32.2. The fourth-order valence-corrected chi connectivity index (χ4v) is 3.65. The highest BCUT2D eigenvalue weighted by molar-refractivity contribution is 8.00. The molecule has 2 heterocycles. The average Bonchev–Trinajstić information content (AvgIpc) is 2.68. The van der Waals surface area contributed by atoms with Crippen molar-refractivity contribution >= 4 is 23.6 Å². The summed E-state index contributed by atoms with van der Waals surface area (Å²) in [4.78, 5) is 33.7. The maximum Gasteiger partial charge on any atom is 0.233 e. The van der Waals surface area contributed by atoms with E-state index in [1.54, 1.807) is 18.0 Å². The Bertz CT molecular complexity index is 741. The van der Waals surface area contributed by atoms with Crippen molar-refractivity contribution in [2.45, 2.75) is 18.2 Å². The molecule has 0 radical (unpaired) electrons. The van der Waals surface area contributed by atoms with Crippen LogP contribution in [0.15, 0.2) is 53.6 Å². The van der Waals surface area contributed by atoms with Crippen molar-refractivity contribution in [2.75, 3.05) is 31.9 Å². The summed E-state index contributed by atoms with van der Waals surface area (Å²) in [6.45, 7) is 4.43. The normalized spacial score (nSPS) is 14.3. The Hall–Kier alpha value is -2.34. The molecular formula is C20H23N3O2S. The number of hydrogen-bond acceptors (Lipinski definition) is 4. The van der Waals surface area contributed by atoms with Crippen molar-refractivity contribution < 1.29 is 9.59 Å². The van der Waals surface area contributed by atoms with E-state index in [-0.39, 0.29) is 11.8 Å². The predicted octanol–water partition coefficient (Wildman–Crippen LogP) is 2.40. The average molecular weight is 369 g/mol. The molecule has 5 nitrogen and oxygen atoms in total. The Labute approximate surface area is 158 Å². The summed E-state index contributed by atoms with van der Waals surface area (Å²) >= 11 is 1.56. The Kier molecular flexibility index (Phi) is 6.28. The van der Waals surface area contributed by atoms with Gasteiger partial charge in [0.1, 0.15) is 0 Å². The first kappa shape index (κ1) is 18.5. The number of thioether (sulfide) groups is 1. The van der Waals surface area contributed by atoms with Crippen LogP contribution >= 0.6 is 11.8 Å². The van der Waals surface area contributed by atoms with Crippen molar-refractivity contribution in [1.29, 1.82) is 0 Å². The van der Waals surface area contributed by atoms with Crippen LogP contribution < -0.4 is 0 Å². The van der Waals surface area contributed by atoms with E-state index in [0.717, 1.165) is 10.6 Å². The zero-order chi connectivity index (χ0) is 18.4. The van der Waals surface area contributed by atoms with E-state index in [4.69, 9.17) is 0 Å². The molecule has 0 N–H and O–H groups in total. The number of pyridine rings is 1. The molecule has 2 aromatic rings. The molecule has 1 fully saturated rings. The second kappa shape index (κ2) is 8.85. The van der Waals surface area contributed by atoms with Crippen LogP contribution in [0.25, 0.3) is 0 Å². The summed E-state index contributed by atoms with van der Waals surface area (Å²) in [6.07, 6.45) is 2.02. The van der Waals surface area contributed by atoms with E-state index in [0.29, 0.717) is 38.4 Å². The van der Waals surface area contributed by atoms with Crippen molar-refractivity contribution in [1.82, 2.24) is 14.8 Å². The highest BCUT2D eigenvalue weighted by Crippen LogP contribution is 2.19. The summed E-state index contributed by atoms with van der Waals surface area (Å²) in [5.41, 5.74) is 2.00. The minimum atomic E-state index is 0.0739. The summed E-state index contributed by atoms with van der Waals surface area (Å²) in [5.74, 6) is 0.641. The van der Waals surface area contributed by atoms with Gasteiger partial charge in [0.05, 0.1) is 12.2 Å². The molecule has 0 saturated carbocycles. The Morgan fingerprint density at radius 3 is 2.23 bits per heavy atom. The maximum absolute atomic E-state index is 12.4. The van der Waals surface area contributed by atoms with Gasteiger partial charge in [-0.15, -0.1) is 11.8 Å². The molecule has 2 amide bonds. The van der Waals surface area contributed by atoms with E-state index in [1.165, 1.54) is 5.56 Å². The van der Waals surface area contributed by atoms with Gasteiger partial charge in [-0.05, 0) is 31.2 Å². The van der Waals surface area contributed by atoms with Crippen LogP contribution in [0.3, 0.4) is 0 Å². The lowest BCUT2D eigenvalue weighted by atomic mass is 10.2. The van der Waals surface area contributed by atoms with Crippen molar-refractivity contribution in [3.8, 4) is 0 Å². The van der Waals surface area contributed by atoms with E-state index in [9.17, 15) is 9.59 Å². The Balaban J connectivity index is 1.43. The van der Waals surface area contributed by atoms with E-state index < -0.39 is 0 Å². The molecule has 0 aliphatic carbocycles. The summed E-state index contributed by atoms with van der Waals surface area (Å²) in [7, 11) is 0. The molecule has 1 aliphatic heterocycles. The van der Waals surface area contributed by atoms with Gasteiger partial charge in [0.25, 0.3) is 0 Å². The van der Waals surface area contributed by atoms with Crippen LogP contribution in [-0.2, 0) is 16.0 Å². The number of nitrogens with zero attached hydrogens (tertiary/aromatic N) is 3. The topological polar surface area (TPSA) is 53.5 Å². The molecule has 6 heteroatoms. The smallest absolute Gasteiger partial charge is 0.233 e. The maximum atomic E-state index is 12.4. The largest absolute Gasteiger partial charge is 0.339 e. The van der Waals surface area contributed by atoms with E-state index >= 15 is 0 Å². The van der Waals surface area contributed by atoms with Crippen LogP contribution in [0.4, 0.5) is 0 Å². The molecule has 26 heavy (non-hydrogen) atoms. The number of carbonyl (C=O) groups is 2. The summed E-state index contributed by atoms with van der Waals surface area (Å²) < 4.78 is 0. The van der Waals surface area contributed by atoms with Gasteiger partial charge < -0.3 is 9.80 Å².